The van der Waals surface area contributed by atoms with E-state index in [1.54, 1.807) is 6.20 Å². The molecule has 0 radical (unpaired) electrons. The molecule has 5 N–H and O–H groups in total. The zero-order valence-electron chi connectivity index (χ0n) is 16.0. The molecule has 144 valence electrons. The summed E-state index contributed by atoms with van der Waals surface area (Å²) in [5.74, 6) is 1.94. The number of aromatic nitrogens is 2. The zero-order chi connectivity index (χ0) is 19.1. The van der Waals surface area contributed by atoms with Gasteiger partial charge in [-0.3, -0.25) is 5.41 Å². The van der Waals surface area contributed by atoms with Crippen LogP contribution in [0.1, 0.15) is 50.2 Å². The molecule has 3 rings (SSSR count). The van der Waals surface area contributed by atoms with Crippen LogP contribution in [-0.4, -0.2) is 34.8 Å². The molecule has 6 heteroatoms. The number of nitrogens with two attached hydrogens (primary N) is 1. The summed E-state index contributed by atoms with van der Waals surface area (Å²) in [6.07, 6.45) is 7.23. The molecule has 0 spiro atoms. The highest BCUT2D eigenvalue weighted by atomic mass is 15.1. The van der Waals surface area contributed by atoms with Crippen molar-refractivity contribution in [2.24, 2.45) is 11.7 Å². The lowest BCUT2D eigenvalue weighted by molar-refractivity contribution is 0.338. The Morgan fingerprint density at radius 3 is 2.59 bits per heavy atom. The Labute approximate surface area is 161 Å². The van der Waals surface area contributed by atoms with Gasteiger partial charge in [0.05, 0.1) is 11.3 Å². The van der Waals surface area contributed by atoms with Gasteiger partial charge in [0.25, 0.3) is 0 Å². The molecule has 0 saturated heterocycles. The van der Waals surface area contributed by atoms with Crippen LogP contribution in [0.15, 0.2) is 36.5 Å². The maximum atomic E-state index is 8.61. The molecule has 0 atom stereocenters. The van der Waals surface area contributed by atoms with Crippen LogP contribution < -0.4 is 16.4 Å². The largest absolute Gasteiger partial charge is 0.369 e. The van der Waals surface area contributed by atoms with Gasteiger partial charge in [0.2, 0.25) is 5.95 Å². The molecule has 1 fully saturated rings. The topological polar surface area (TPSA) is 99.7 Å². The highest BCUT2D eigenvalue weighted by molar-refractivity contribution is 6.13. The first kappa shape index (κ1) is 19.3. The maximum Gasteiger partial charge on any atom is 0.224 e. The van der Waals surface area contributed by atoms with Gasteiger partial charge in [-0.25, -0.2) is 4.98 Å². The minimum Gasteiger partial charge on any atom is -0.369 e. The van der Waals surface area contributed by atoms with Crippen molar-refractivity contribution in [1.82, 2.24) is 9.97 Å². The van der Waals surface area contributed by atoms with E-state index >= 15 is 0 Å². The van der Waals surface area contributed by atoms with Gasteiger partial charge in [0, 0.05) is 30.9 Å². The van der Waals surface area contributed by atoms with Gasteiger partial charge in [-0.15, -0.1) is 0 Å². The molecular weight excluding hydrogens is 336 g/mol. The van der Waals surface area contributed by atoms with Crippen LogP contribution in [0.2, 0.25) is 0 Å². The first-order valence-corrected chi connectivity index (χ1v) is 9.92. The lowest BCUT2D eigenvalue weighted by atomic mass is 9.86. The number of rotatable bonds is 8. The van der Waals surface area contributed by atoms with Crippen molar-refractivity contribution in [1.29, 1.82) is 5.41 Å². The van der Waals surface area contributed by atoms with Crippen molar-refractivity contribution in [3.8, 4) is 0 Å². The number of hydrogen-bond donors (Lipinski definition) is 4. The number of anilines is 2. The smallest absolute Gasteiger partial charge is 0.224 e. The quantitative estimate of drug-likeness (QED) is 0.535. The fourth-order valence-electron chi connectivity index (χ4n) is 3.42. The number of nitrogens with zero attached hydrogens (tertiary/aromatic N) is 2. The summed E-state index contributed by atoms with van der Waals surface area (Å²) in [7, 11) is 0. The van der Waals surface area contributed by atoms with Crippen LogP contribution in [0.5, 0.6) is 0 Å². The van der Waals surface area contributed by atoms with Crippen molar-refractivity contribution in [2.75, 3.05) is 23.7 Å². The first-order valence-electron chi connectivity index (χ1n) is 9.92. The van der Waals surface area contributed by atoms with E-state index in [1.165, 1.54) is 0 Å². The Morgan fingerprint density at radius 1 is 1.15 bits per heavy atom. The molecule has 1 aromatic carbocycles. The van der Waals surface area contributed by atoms with E-state index in [1.807, 2.05) is 30.3 Å². The Bertz CT molecular complexity index is 738. The van der Waals surface area contributed by atoms with Gasteiger partial charge >= 0.3 is 0 Å². The Morgan fingerprint density at radius 2 is 1.89 bits per heavy atom. The Kier molecular flexibility index (Phi) is 6.76. The normalized spacial score (nSPS) is 19.5. The third-order valence-corrected chi connectivity index (χ3v) is 5.10. The molecule has 1 heterocycles. The van der Waals surface area contributed by atoms with Crippen molar-refractivity contribution in [3.63, 3.8) is 0 Å². The number of hydrogen-bond acceptors (Lipinski definition) is 6. The van der Waals surface area contributed by atoms with Crippen molar-refractivity contribution >= 4 is 17.5 Å². The van der Waals surface area contributed by atoms with E-state index in [0.717, 1.165) is 62.1 Å². The van der Waals surface area contributed by atoms with E-state index in [4.69, 9.17) is 11.1 Å². The van der Waals surface area contributed by atoms with Gasteiger partial charge in [-0.2, -0.15) is 4.98 Å². The van der Waals surface area contributed by atoms with Crippen LogP contribution in [-0.2, 0) is 0 Å². The SMILES string of the molecule is CCCNc1ncc(C(=N)c2ccccc2)c(NCC2CCC(N)CC2)n1. The van der Waals surface area contributed by atoms with Crippen LogP contribution >= 0.6 is 0 Å². The van der Waals surface area contributed by atoms with Crippen LogP contribution in [0, 0.1) is 11.3 Å². The maximum absolute atomic E-state index is 8.61. The van der Waals surface area contributed by atoms with Gasteiger partial charge in [0.15, 0.2) is 0 Å². The van der Waals surface area contributed by atoms with Crippen molar-refractivity contribution in [2.45, 2.75) is 45.1 Å². The molecule has 0 amide bonds. The molecular formula is C21H30N6. The predicted octanol–water partition coefficient (Wildman–Crippen LogP) is 3.64. The minimum atomic E-state index is 0.354. The zero-order valence-corrected chi connectivity index (χ0v) is 16.0. The molecule has 1 aliphatic carbocycles. The van der Waals surface area contributed by atoms with E-state index in [9.17, 15) is 0 Å². The lowest BCUT2D eigenvalue weighted by Crippen LogP contribution is -2.29. The Balaban J connectivity index is 1.78. The van der Waals surface area contributed by atoms with Crippen molar-refractivity contribution < 1.29 is 0 Å². The standard InChI is InChI=1S/C21H30N6/c1-2-12-24-21-26-14-18(19(23)16-6-4-3-5-7-16)20(27-21)25-13-15-8-10-17(22)11-9-15/h3-7,14-15,17,23H,2,8-13,22H2,1H3,(H2,24,25,26,27). The van der Waals surface area contributed by atoms with Crippen LogP contribution in [0.25, 0.3) is 0 Å². The highest BCUT2D eigenvalue weighted by Gasteiger charge is 2.20. The fraction of sp³-hybridized carbons (Fsp3) is 0.476. The van der Waals surface area contributed by atoms with Gasteiger partial charge in [0.1, 0.15) is 5.82 Å². The van der Waals surface area contributed by atoms with Crippen LogP contribution in [0.4, 0.5) is 11.8 Å². The van der Waals surface area contributed by atoms with Gasteiger partial charge in [-0.1, -0.05) is 37.3 Å². The average molecular weight is 367 g/mol. The minimum absolute atomic E-state index is 0.354. The molecule has 1 saturated carbocycles. The highest BCUT2D eigenvalue weighted by Crippen LogP contribution is 2.25. The number of benzene rings is 1. The summed E-state index contributed by atoms with van der Waals surface area (Å²) in [5.41, 5.74) is 8.05. The van der Waals surface area contributed by atoms with Crippen molar-refractivity contribution in [3.05, 3.63) is 47.7 Å². The Hall–Kier alpha value is -2.47. The summed E-state index contributed by atoms with van der Waals surface area (Å²) in [6.45, 7) is 3.79. The summed E-state index contributed by atoms with van der Waals surface area (Å²) >= 11 is 0. The molecule has 1 aliphatic rings. The average Bonchev–Trinajstić information content (AvgIpc) is 2.72. The number of nitrogens with one attached hydrogen (secondary N) is 3. The molecule has 1 aromatic heterocycles. The second-order valence-corrected chi connectivity index (χ2v) is 7.29. The van der Waals surface area contributed by atoms with Gasteiger partial charge in [-0.05, 0) is 38.0 Å². The molecule has 2 aromatic rings. The van der Waals surface area contributed by atoms with E-state index < -0.39 is 0 Å². The van der Waals surface area contributed by atoms with E-state index in [2.05, 4.69) is 27.5 Å². The fourth-order valence-corrected chi connectivity index (χ4v) is 3.42. The van der Waals surface area contributed by atoms with Gasteiger partial charge < -0.3 is 16.4 Å². The predicted molar refractivity (Wildman–Crippen MR) is 112 cm³/mol. The second kappa shape index (κ2) is 9.46. The molecule has 0 unspecified atom stereocenters. The monoisotopic (exact) mass is 366 g/mol. The molecule has 0 bridgehead atoms. The van der Waals surface area contributed by atoms with E-state index in [0.29, 0.717) is 23.6 Å². The lowest BCUT2D eigenvalue weighted by Gasteiger charge is -2.26. The molecule has 6 nitrogen and oxygen atoms in total. The molecule has 0 aliphatic heterocycles. The second-order valence-electron chi connectivity index (χ2n) is 7.29. The summed E-state index contributed by atoms with van der Waals surface area (Å²) in [5, 5.41) is 15.3. The summed E-state index contributed by atoms with van der Waals surface area (Å²) in [6, 6.07) is 10.1. The third-order valence-electron chi connectivity index (χ3n) is 5.10. The molecule has 27 heavy (non-hydrogen) atoms. The van der Waals surface area contributed by atoms with Crippen LogP contribution in [0.3, 0.4) is 0 Å². The summed E-state index contributed by atoms with van der Waals surface area (Å²) in [4.78, 5) is 9.07. The third kappa shape index (κ3) is 5.26. The summed E-state index contributed by atoms with van der Waals surface area (Å²) < 4.78 is 0. The first-order chi connectivity index (χ1) is 13.2. The van der Waals surface area contributed by atoms with E-state index in [-0.39, 0.29) is 0 Å².